The summed E-state index contributed by atoms with van der Waals surface area (Å²) in [6.45, 7) is 5.59. The lowest BCUT2D eigenvalue weighted by atomic mass is 10.1. The molecule has 1 aromatic carbocycles. The number of fused-ring (bicyclic) bond motifs is 1. The maximum absolute atomic E-state index is 5.55. The van der Waals surface area contributed by atoms with Gasteiger partial charge in [0.2, 0.25) is 0 Å². The van der Waals surface area contributed by atoms with Crippen molar-refractivity contribution in [1.82, 2.24) is 15.3 Å². The Morgan fingerprint density at radius 1 is 1.26 bits per heavy atom. The van der Waals surface area contributed by atoms with E-state index in [2.05, 4.69) is 26.4 Å². The number of aromatic nitrogens is 2. The number of hydrogen-bond acceptors (Lipinski definition) is 9. The Bertz CT molecular complexity index is 1120. The number of nitrogens with zero attached hydrogens (tertiary/aromatic N) is 5. The van der Waals surface area contributed by atoms with Gasteiger partial charge in [0.05, 0.1) is 29.6 Å². The third kappa shape index (κ3) is 4.89. The number of hydrogen-bond donors (Lipinski definition) is 2. The van der Waals surface area contributed by atoms with Crippen LogP contribution in [0.3, 0.4) is 0 Å². The molecular formula is C22H25N7OS. The largest absolute Gasteiger partial charge is 0.385 e. The smallest absolute Gasteiger partial charge is 0.162 e. The van der Waals surface area contributed by atoms with Crippen molar-refractivity contribution in [2.24, 2.45) is 15.9 Å². The molecule has 1 fully saturated rings. The Balaban J connectivity index is 1.76. The minimum atomic E-state index is 0.666. The number of benzene rings is 1. The molecule has 0 unspecified atom stereocenters. The molecule has 0 amide bonds. The average molecular weight is 436 g/mol. The van der Waals surface area contributed by atoms with Crippen LogP contribution in [0, 0.1) is 0 Å². The lowest BCUT2D eigenvalue weighted by Gasteiger charge is -2.28. The molecule has 0 aliphatic carbocycles. The number of aliphatic imine (C=N–C) groups is 1. The van der Waals surface area contributed by atoms with Gasteiger partial charge < -0.3 is 20.8 Å². The zero-order chi connectivity index (χ0) is 21.5. The molecule has 4 rings (SSSR count). The van der Waals surface area contributed by atoms with Crippen molar-refractivity contribution in [1.29, 1.82) is 0 Å². The van der Waals surface area contributed by atoms with E-state index in [0.717, 1.165) is 40.3 Å². The molecule has 1 aliphatic rings. The van der Waals surface area contributed by atoms with Crippen LogP contribution in [0.1, 0.15) is 17.4 Å². The summed E-state index contributed by atoms with van der Waals surface area (Å²) in [5.41, 5.74) is 2.72. The zero-order valence-corrected chi connectivity index (χ0v) is 18.2. The number of ether oxygens (including phenoxy) is 1. The van der Waals surface area contributed by atoms with Crippen LogP contribution in [-0.4, -0.2) is 48.7 Å². The second kappa shape index (κ2) is 10.1. The van der Waals surface area contributed by atoms with Crippen molar-refractivity contribution >= 4 is 39.8 Å². The van der Waals surface area contributed by atoms with Gasteiger partial charge in [0.1, 0.15) is 0 Å². The van der Waals surface area contributed by atoms with Gasteiger partial charge >= 0.3 is 0 Å². The van der Waals surface area contributed by atoms with Crippen LogP contribution >= 0.6 is 11.3 Å². The normalized spacial score (nSPS) is 15.1. The van der Waals surface area contributed by atoms with Gasteiger partial charge in [0.15, 0.2) is 11.6 Å². The van der Waals surface area contributed by atoms with Gasteiger partial charge in [0.25, 0.3) is 0 Å². The number of nitrogens with one attached hydrogen (secondary N) is 1. The summed E-state index contributed by atoms with van der Waals surface area (Å²) in [4.78, 5) is 17.4. The van der Waals surface area contributed by atoms with Crippen molar-refractivity contribution in [3.63, 3.8) is 0 Å². The third-order valence-electron chi connectivity index (χ3n) is 4.83. The quantitative estimate of drug-likeness (QED) is 0.336. The van der Waals surface area contributed by atoms with Gasteiger partial charge in [0, 0.05) is 54.3 Å². The van der Waals surface area contributed by atoms with Crippen molar-refractivity contribution in [3.05, 3.63) is 53.2 Å². The molecule has 3 aromatic rings. The second-order valence-corrected chi connectivity index (χ2v) is 8.00. The summed E-state index contributed by atoms with van der Waals surface area (Å²) in [5, 5.41) is 6.97. The number of nitrogens with two attached hydrogens (primary N) is 1. The predicted molar refractivity (Wildman–Crippen MR) is 128 cm³/mol. The van der Waals surface area contributed by atoms with Crippen LogP contribution in [0.25, 0.3) is 21.6 Å². The van der Waals surface area contributed by atoms with E-state index in [9.17, 15) is 0 Å². The Labute approximate surface area is 185 Å². The highest BCUT2D eigenvalue weighted by Crippen LogP contribution is 2.35. The van der Waals surface area contributed by atoms with Crippen LogP contribution in [0.4, 0.5) is 5.82 Å². The highest BCUT2D eigenvalue weighted by Gasteiger charge is 2.20. The first-order valence-corrected chi connectivity index (χ1v) is 10.9. The first-order chi connectivity index (χ1) is 15.3. The van der Waals surface area contributed by atoms with Crippen molar-refractivity contribution < 1.29 is 4.74 Å². The minimum Gasteiger partial charge on any atom is -0.385 e. The molecule has 8 nitrogen and oxygen atoms in total. The molecule has 2 aromatic heterocycles. The summed E-state index contributed by atoms with van der Waals surface area (Å²) in [6.07, 6.45) is 6.95. The molecule has 3 heterocycles. The molecule has 1 aliphatic heterocycles. The number of morpholine rings is 1. The molecular weight excluding hydrogens is 410 g/mol. The van der Waals surface area contributed by atoms with E-state index in [1.165, 1.54) is 4.88 Å². The first kappa shape index (κ1) is 21.0. The Morgan fingerprint density at radius 2 is 2.10 bits per heavy atom. The molecule has 160 valence electrons. The van der Waals surface area contributed by atoms with Crippen LogP contribution in [0.2, 0.25) is 0 Å². The molecule has 9 heteroatoms. The predicted octanol–water partition coefficient (Wildman–Crippen LogP) is 3.14. The third-order valence-corrected chi connectivity index (χ3v) is 5.95. The molecule has 0 atom stereocenters. The standard InChI is InChI=1S/C22H25N7OS/c1-2-24-7-8-25-15-17-13-19-20(31-17)22(29-9-11-30-12-10-29)28-21(27-19)18-6-4-3-5-16(18)14-26-23/h2-8,13-14,25H,9-12,15,23H2,1H3/b8-7-,24-2+,26-14-. The average Bonchev–Trinajstić information content (AvgIpc) is 3.22. The Kier molecular flexibility index (Phi) is 6.85. The summed E-state index contributed by atoms with van der Waals surface area (Å²) >= 11 is 1.71. The molecule has 1 saturated heterocycles. The fourth-order valence-corrected chi connectivity index (χ4v) is 4.46. The van der Waals surface area contributed by atoms with E-state index in [1.807, 2.05) is 37.4 Å². The lowest BCUT2D eigenvalue weighted by Crippen LogP contribution is -2.36. The SMILES string of the molecule is C/C=N/C=C\NCc1cc2nc(-c3ccccc3/C=N\N)nc(N3CCOCC3)c2s1. The monoisotopic (exact) mass is 435 g/mol. The number of hydrazone groups is 1. The number of anilines is 1. The maximum atomic E-state index is 5.55. The summed E-state index contributed by atoms with van der Waals surface area (Å²) in [6, 6.07) is 10.0. The van der Waals surface area contributed by atoms with Gasteiger partial charge in [-0.2, -0.15) is 5.10 Å². The molecule has 0 spiro atoms. The van der Waals surface area contributed by atoms with Crippen LogP contribution in [0.5, 0.6) is 0 Å². The molecule has 3 N–H and O–H groups in total. The van der Waals surface area contributed by atoms with Crippen molar-refractivity contribution in [2.75, 3.05) is 31.2 Å². The number of thiophene rings is 1. The minimum absolute atomic E-state index is 0.666. The Hall–Kier alpha value is -3.30. The lowest BCUT2D eigenvalue weighted by molar-refractivity contribution is 0.122. The molecule has 0 radical (unpaired) electrons. The van der Waals surface area contributed by atoms with E-state index in [1.54, 1.807) is 30.0 Å². The van der Waals surface area contributed by atoms with E-state index < -0.39 is 0 Å². The molecule has 0 bridgehead atoms. The fourth-order valence-electron chi connectivity index (χ4n) is 3.40. The van der Waals surface area contributed by atoms with E-state index >= 15 is 0 Å². The van der Waals surface area contributed by atoms with Gasteiger partial charge in [-0.3, -0.25) is 4.99 Å². The molecule has 0 saturated carbocycles. The van der Waals surface area contributed by atoms with E-state index in [-0.39, 0.29) is 0 Å². The summed E-state index contributed by atoms with van der Waals surface area (Å²) in [5.74, 6) is 7.03. The van der Waals surface area contributed by atoms with Crippen molar-refractivity contribution in [2.45, 2.75) is 13.5 Å². The van der Waals surface area contributed by atoms with Gasteiger partial charge in [-0.25, -0.2) is 9.97 Å². The van der Waals surface area contributed by atoms with Gasteiger partial charge in [-0.05, 0) is 13.0 Å². The highest BCUT2D eigenvalue weighted by atomic mass is 32.1. The zero-order valence-electron chi connectivity index (χ0n) is 17.4. The first-order valence-electron chi connectivity index (χ1n) is 10.1. The fraction of sp³-hybridized carbons (Fsp3) is 0.273. The van der Waals surface area contributed by atoms with Gasteiger partial charge in [-0.15, -0.1) is 11.3 Å². The van der Waals surface area contributed by atoms with Crippen LogP contribution in [-0.2, 0) is 11.3 Å². The van der Waals surface area contributed by atoms with Crippen molar-refractivity contribution in [3.8, 4) is 11.4 Å². The van der Waals surface area contributed by atoms with Crippen LogP contribution < -0.4 is 16.1 Å². The summed E-state index contributed by atoms with van der Waals surface area (Å²) < 4.78 is 6.63. The van der Waals surface area contributed by atoms with E-state index in [0.29, 0.717) is 25.6 Å². The topological polar surface area (TPSA) is 101 Å². The number of rotatable bonds is 7. The second-order valence-electron chi connectivity index (χ2n) is 6.87. The highest BCUT2D eigenvalue weighted by molar-refractivity contribution is 7.19. The van der Waals surface area contributed by atoms with E-state index in [4.69, 9.17) is 20.5 Å². The van der Waals surface area contributed by atoms with Crippen LogP contribution in [0.15, 0.2) is 52.8 Å². The van der Waals surface area contributed by atoms with Gasteiger partial charge in [-0.1, -0.05) is 24.3 Å². The Morgan fingerprint density at radius 3 is 2.90 bits per heavy atom. The summed E-state index contributed by atoms with van der Waals surface area (Å²) in [7, 11) is 0. The maximum Gasteiger partial charge on any atom is 0.162 e. The molecule has 31 heavy (non-hydrogen) atoms.